The first-order chi connectivity index (χ1) is 12.2. The number of nitrogens with zero attached hydrogens (tertiary/aromatic N) is 4. The fourth-order valence-electron chi connectivity index (χ4n) is 4.29. The molecule has 0 aliphatic carbocycles. The summed E-state index contributed by atoms with van der Waals surface area (Å²) in [5.41, 5.74) is 5.98. The van der Waals surface area contributed by atoms with Gasteiger partial charge in [-0.15, -0.1) is 11.6 Å². The van der Waals surface area contributed by atoms with E-state index in [4.69, 9.17) is 11.6 Å². The van der Waals surface area contributed by atoms with Crippen LogP contribution in [0.4, 0.5) is 5.95 Å². The minimum atomic E-state index is -0.294. The Labute approximate surface area is 153 Å². The van der Waals surface area contributed by atoms with E-state index >= 15 is 0 Å². The van der Waals surface area contributed by atoms with Gasteiger partial charge in [0, 0.05) is 45.1 Å². The van der Waals surface area contributed by atoms with Crippen molar-refractivity contribution < 1.29 is 4.79 Å². The average Bonchev–Trinajstić information content (AvgIpc) is 3.31. The third-order valence-electron chi connectivity index (χ3n) is 5.76. The van der Waals surface area contributed by atoms with Gasteiger partial charge in [-0.25, -0.2) is 15.4 Å². The second-order valence-corrected chi connectivity index (χ2v) is 7.79. The van der Waals surface area contributed by atoms with Gasteiger partial charge in [0.25, 0.3) is 0 Å². The molecule has 3 saturated heterocycles. The number of carbonyl (C=O) groups is 1. The van der Waals surface area contributed by atoms with Crippen molar-refractivity contribution in [3.05, 3.63) is 18.5 Å². The van der Waals surface area contributed by atoms with Crippen LogP contribution < -0.4 is 15.8 Å². The van der Waals surface area contributed by atoms with E-state index in [1.54, 1.807) is 12.4 Å². The van der Waals surface area contributed by atoms with Gasteiger partial charge in [-0.1, -0.05) is 0 Å². The predicted octanol–water partition coefficient (Wildman–Crippen LogP) is 0.625. The number of likely N-dealkylation sites (tertiary alicyclic amines) is 1. The van der Waals surface area contributed by atoms with Crippen molar-refractivity contribution in [2.24, 2.45) is 11.8 Å². The van der Waals surface area contributed by atoms with Gasteiger partial charge < -0.3 is 9.80 Å². The molecule has 2 N–H and O–H groups in total. The Morgan fingerprint density at radius 2 is 1.84 bits per heavy atom. The smallest absolute Gasteiger partial charge is 0.242 e. The number of carbonyl (C=O) groups excluding carboxylic acids is 1. The van der Waals surface area contributed by atoms with Crippen LogP contribution in [-0.2, 0) is 4.79 Å². The summed E-state index contributed by atoms with van der Waals surface area (Å²) in [6.07, 6.45) is 6.99. The summed E-state index contributed by atoms with van der Waals surface area (Å²) in [5.74, 6) is 2.25. The summed E-state index contributed by atoms with van der Waals surface area (Å²) in [4.78, 5) is 25.6. The van der Waals surface area contributed by atoms with Crippen LogP contribution in [0.25, 0.3) is 0 Å². The minimum Gasteiger partial charge on any atom is -0.341 e. The van der Waals surface area contributed by atoms with Crippen molar-refractivity contribution in [2.75, 3.05) is 37.6 Å². The maximum Gasteiger partial charge on any atom is 0.242 e. The van der Waals surface area contributed by atoms with Crippen molar-refractivity contribution in [2.45, 2.75) is 30.7 Å². The number of hydrogen-bond acceptors (Lipinski definition) is 6. The molecule has 8 heteroatoms. The monoisotopic (exact) mass is 364 g/mol. The highest BCUT2D eigenvalue weighted by molar-refractivity contribution is 6.23. The largest absolute Gasteiger partial charge is 0.341 e. The molecule has 4 heterocycles. The van der Waals surface area contributed by atoms with Gasteiger partial charge in [0.1, 0.15) is 6.04 Å². The summed E-state index contributed by atoms with van der Waals surface area (Å²) < 4.78 is 0. The van der Waals surface area contributed by atoms with E-state index in [1.807, 2.05) is 11.0 Å². The van der Waals surface area contributed by atoms with Crippen LogP contribution in [0.5, 0.6) is 0 Å². The lowest BCUT2D eigenvalue weighted by Gasteiger charge is -2.34. The number of piperidine rings is 1. The molecule has 0 bridgehead atoms. The zero-order valence-corrected chi connectivity index (χ0v) is 15.0. The molecule has 1 aromatic heterocycles. The topological polar surface area (TPSA) is 73.4 Å². The van der Waals surface area contributed by atoms with Gasteiger partial charge in [0.2, 0.25) is 11.9 Å². The third kappa shape index (κ3) is 3.59. The molecule has 0 radical (unpaired) electrons. The van der Waals surface area contributed by atoms with E-state index in [-0.39, 0.29) is 17.3 Å². The molecule has 136 valence electrons. The van der Waals surface area contributed by atoms with E-state index in [2.05, 4.69) is 25.7 Å². The molecule has 7 nitrogen and oxygen atoms in total. The number of hydrogen-bond donors (Lipinski definition) is 2. The average molecular weight is 365 g/mol. The van der Waals surface area contributed by atoms with Crippen molar-refractivity contribution in [1.29, 1.82) is 0 Å². The molecule has 4 rings (SSSR count). The van der Waals surface area contributed by atoms with E-state index in [9.17, 15) is 4.79 Å². The fourth-order valence-corrected chi connectivity index (χ4v) is 4.53. The van der Waals surface area contributed by atoms with Gasteiger partial charge in [-0.2, -0.15) is 0 Å². The number of hydrazine groups is 1. The Hall–Kier alpha value is -1.44. The van der Waals surface area contributed by atoms with Crippen LogP contribution in [-0.4, -0.2) is 64.9 Å². The number of alkyl halides is 1. The Bertz CT molecular complexity index is 594. The summed E-state index contributed by atoms with van der Waals surface area (Å²) >= 11 is 6.22. The lowest BCUT2D eigenvalue weighted by molar-refractivity contribution is -0.132. The van der Waals surface area contributed by atoms with Crippen molar-refractivity contribution >= 4 is 23.5 Å². The van der Waals surface area contributed by atoms with Crippen LogP contribution in [0.15, 0.2) is 18.5 Å². The van der Waals surface area contributed by atoms with Crippen LogP contribution in [0.2, 0.25) is 0 Å². The van der Waals surface area contributed by atoms with Crippen LogP contribution in [0, 0.1) is 11.8 Å². The highest BCUT2D eigenvalue weighted by Crippen LogP contribution is 2.33. The van der Waals surface area contributed by atoms with Crippen molar-refractivity contribution in [3.63, 3.8) is 0 Å². The number of rotatable bonds is 3. The summed E-state index contributed by atoms with van der Waals surface area (Å²) in [6, 6.07) is 1.55. The first-order valence-corrected chi connectivity index (χ1v) is 9.59. The molecule has 3 unspecified atom stereocenters. The summed E-state index contributed by atoms with van der Waals surface area (Å²) in [5, 5.41) is -0.166. The highest BCUT2D eigenvalue weighted by atomic mass is 35.5. The number of nitrogens with one attached hydrogen (secondary N) is 2. The molecule has 25 heavy (non-hydrogen) atoms. The zero-order valence-electron chi connectivity index (χ0n) is 14.3. The highest BCUT2D eigenvalue weighted by Gasteiger charge is 2.39. The lowest BCUT2D eigenvalue weighted by Crippen LogP contribution is -2.47. The van der Waals surface area contributed by atoms with E-state index in [0.717, 1.165) is 51.4 Å². The predicted molar refractivity (Wildman–Crippen MR) is 96.2 cm³/mol. The second kappa shape index (κ2) is 7.43. The number of halogens is 1. The first kappa shape index (κ1) is 17.0. The quantitative estimate of drug-likeness (QED) is 0.766. The standard InChI is InChI=1S/C17H25ClN6O/c18-14-10-21-22-15(14)16(25)24-9-4-13(11-24)12-2-7-23(8-3-12)17-19-5-1-6-20-17/h1,5-6,12-15,21-22H,2-4,7-11H2. The minimum absolute atomic E-state index is 0.141. The van der Waals surface area contributed by atoms with Crippen LogP contribution in [0.1, 0.15) is 19.3 Å². The summed E-state index contributed by atoms with van der Waals surface area (Å²) in [6.45, 7) is 4.35. The number of aromatic nitrogens is 2. The van der Waals surface area contributed by atoms with Gasteiger partial charge in [-0.05, 0) is 37.2 Å². The lowest BCUT2D eigenvalue weighted by atomic mass is 9.84. The maximum atomic E-state index is 12.6. The van der Waals surface area contributed by atoms with Gasteiger partial charge in [0.05, 0.1) is 5.38 Å². The number of anilines is 1. The van der Waals surface area contributed by atoms with Crippen LogP contribution in [0.3, 0.4) is 0 Å². The SMILES string of the molecule is O=C(C1NNCC1Cl)N1CCC(C2CCN(c3ncccn3)CC2)C1. The van der Waals surface area contributed by atoms with Crippen molar-refractivity contribution in [3.8, 4) is 0 Å². The zero-order chi connectivity index (χ0) is 17.2. The molecule has 3 aliphatic rings. The Morgan fingerprint density at radius 3 is 2.52 bits per heavy atom. The molecule has 0 spiro atoms. The molecule has 0 aromatic carbocycles. The molecular weight excluding hydrogens is 340 g/mol. The Morgan fingerprint density at radius 1 is 1.12 bits per heavy atom. The van der Waals surface area contributed by atoms with Crippen LogP contribution >= 0.6 is 11.6 Å². The normalized spacial score (nSPS) is 30.8. The van der Waals surface area contributed by atoms with E-state index < -0.39 is 0 Å². The fraction of sp³-hybridized carbons (Fsp3) is 0.706. The molecule has 1 aromatic rings. The van der Waals surface area contributed by atoms with Gasteiger partial charge >= 0.3 is 0 Å². The summed E-state index contributed by atoms with van der Waals surface area (Å²) in [7, 11) is 0. The number of amides is 1. The van der Waals surface area contributed by atoms with Gasteiger partial charge in [0.15, 0.2) is 0 Å². The molecule has 3 atom stereocenters. The van der Waals surface area contributed by atoms with E-state index in [1.165, 1.54) is 0 Å². The van der Waals surface area contributed by atoms with Crippen molar-refractivity contribution in [1.82, 2.24) is 25.7 Å². The molecule has 1 amide bonds. The molecular formula is C17H25ClN6O. The molecule has 0 saturated carbocycles. The molecule has 3 fully saturated rings. The maximum absolute atomic E-state index is 12.6. The third-order valence-corrected chi connectivity index (χ3v) is 6.17. The molecule has 3 aliphatic heterocycles. The Kier molecular flexibility index (Phi) is 5.05. The second-order valence-electron chi connectivity index (χ2n) is 7.23. The Balaban J connectivity index is 1.29. The van der Waals surface area contributed by atoms with E-state index in [0.29, 0.717) is 18.4 Å². The van der Waals surface area contributed by atoms with Gasteiger partial charge in [-0.3, -0.25) is 10.2 Å². The first-order valence-electron chi connectivity index (χ1n) is 9.15.